The second-order valence-corrected chi connectivity index (χ2v) is 14.6. The predicted octanol–water partition coefficient (Wildman–Crippen LogP) is 7.05. The number of nitrogens with one attached hydrogen (secondary N) is 1. The number of hydrogen-bond acceptors (Lipinski definition) is 10. The minimum absolute atomic E-state index is 0.162. The molecule has 12 nitrogen and oxygen atoms in total. The quantitative estimate of drug-likeness (QED) is 0.0969. The van der Waals surface area contributed by atoms with Gasteiger partial charge in [0.25, 0.3) is 5.56 Å². The van der Waals surface area contributed by atoms with Crippen molar-refractivity contribution in [3.63, 3.8) is 0 Å². The molecule has 1 aromatic heterocycles. The van der Waals surface area contributed by atoms with E-state index >= 15 is 0 Å². The maximum Gasteiger partial charge on any atom is 0.330 e. The summed E-state index contributed by atoms with van der Waals surface area (Å²) in [6, 6.07) is 26.6. The Bertz CT molecular complexity index is 2160. The third-order valence-corrected chi connectivity index (χ3v) is 10.4. The summed E-state index contributed by atoms with van der Waals surface area (Å²) in [6.45, 7) is 1.25. The summed E-state index contributed by atoms with van der Waals surface area (Å²) in [5.41, 5.74) is -0.255. The minimum atomic E-state index is -5.24. The molecule has 2 heterocycles. The molecular formula is C37H33Cl3N2O10P-. The molecule has 1 N–H and O–H groups in total. The van der Waals surface area contributed by atoms with Gasteiger partial charge in [0.05, 0.1) is 37.0 Å². The number of phosphoric acid groups is 1. The van der Waals surface area contributed by atoms with Gasteiger partial charge in [0.2, 0.25) is 0 Å². The number of phosphoric ester groups is 1. The zero-order valence-corrected chi connectivity index (χ0v) is 31.7. The van der Waals surface area contributed by atoms with Gasteiger partial charge in [-0.3, -0.25) is 18.9 Å². The molecule has 0 radical (unpaired) electrons. The molecule has 4 aromatic carbocycles. The lowest BCUT2D eigenvalue weighted by Crippen LogP contribution is -2.39. The lowest BCUT2D eigenvalue weighted by Gasteiger charge is -2.37. The summed E-state index contributed by atoms with van der Waals surface area (Å²) >= 11 is 18.4. The van der Waals surface area contributed by atoms with Crippen LogP contribution in [-0.4, -0.2) is 42.6 Å². The zero-order valence-electron chi connectivity index (χ0n) is 28.5. The molecule has 1 saturated heterocycles. The average molecular weight is 803 g/mol. The Morgan fingerprint density at radius 3 is 1.98 bits per heavy atom. The summed E-state index contributed by atoms with van der Waals surface area (Å²) in [5.74, 6) is 0.859. The number of H-pyrrole nitrogens is 1. The third-order valence-electron chi connectivity index (χ3n) is 8.70. The molecule has 0 amide bonds. The monoisotopic (exact) mass is 801 g/mol. The van der Waals surface area contributed by atoms with Gasteiger partial charge in [0.15, 0.2) is 5.75 Å². The topological polar surface area (TPSA) is 150 Å². The lowest BCUT2D eigenvalue weighted by atomic mass is 9.80. The number of methoxy groups -OCH3 is 2. The van der Waals surface area contributed by atoms with Gasteiger partial charge < -0.3 is 32.9 Å². The van der Waals surface area contributed by atoms with Crippen LogP contribution in [0.15, 0.2) is 107 Å². The van der Waals surface area contributed by atoms with Crippen LogP contribution < -0.4 is 30.1 Å². The molecule has 0 bridgehead atoms. The van der Waals surface area contributed by atoms with E-state index < -0.39 is 43.1 Å². The standard InChI is InChI=1S/C37H34Cl3N2O10P/c1-22-20-42(36(44)41-35(22)43)33-19-31(51-53(45,46)52-34-29(39)17-26(38)18-30(34)40)32(50-33)21-49-37(23-7-5-4-6-8-23,24-9-13-27(47-2)14-10-24)25-11-15-28(48-3)16-12-25/h4-18,20,31-33H,19,21H2,1-3H3,(H,45,46)(H,41,43,44)/p-1/t31-,32+,33+/m0/s1. The molecule has 53 heavy (non-hydrogen) atoms. The second-order valence-electron chi connectivity index (χ2n) is 12.0. The number of halogens is 3. The first-order valence-electron chi connectivity index (χ1n) is 16.1. The Morgan fingerprint density at radius 1 is 0.887 bits per heavy atom. The van der Waals surface area contributed by atoms with Crippen LogP contribution in [0, 0.1) is 6.92 Å². The smallest absolute Gasteiger partial charge is 0.330 e. The van der Waals surface area contributed by atoms with Gasteiger partial charge in [-0.05, 0) is 60.0 Å². The fourth-order valence-electron chi connectivity index (χ4n) is 6.13. The Morgan fingerprint density at radius 2 is 1.43 bits per heavy atom. The highest BCUT2D eigenvalue weighted by atomic mass is 35.5. The van der Waals surface area contributed by atoms with Gasteiger partial charge in [0.1, 0.15) is 29.4 Å². The lowest BCUT2D eigenvalue weighted by molar-refractivity contribution is -0.223. The fourth-order valence-corrected chi connectivity index (χ4v) is 8.15. The van der Waals surface area contributed by atoms with Crippen LogP contribution >= 0.6 is 42.6 Å². The van der Waals surface area contributed by atoms with E-state index in [1.165, 1.54) is 25.3 Å². The van der Waals surface area contributed by atoms with Crippen molar-refractivity contribution in [1.82, 2.24) is 9.55 Å². The van der Waals surface area contributed by atoms with E-state index in [2.05, 4.69) is 4.98 Å². The Balaban J connectivity index is 1.42. The fraction of sp³-hybridized carbons (Fsp3) is 0.243. The highest BCUT2D eigenvalue weighted by Gasteiger charge is 2.44. The van der Waals surface area contributed by atoms with E-state index in [0.717, 1.165) is 10.1 Å². The van der Waals surface area contributed by atoms with E-state index in [4.69, 9.17) is 62.8 Å². The van der Waals surface area contributed by atoms with Crippen LogP contribution in [0.4, 0.5) is 0 Å². The van der Waals surface area contributed by atoms with Crippen molar-refractivity contribution in [3.8, 4) is 17.2 Å². The van der Waals surface area contributed by atoms with Crippen molar-refractivity contribution in [3.05, 3.63) is 155 Å². The molecule has 278 valence electrons. The first kappa shape index (κ1) is 38.6. The molecule has 1 aliphatic rings. The van der Waals surface area contributed by atoms with E-state index in [1.54, 1.807) is 38.5 Å². The Labute approximate surface area is 319 Å². The van der Waals surface area contributed by atoms with Gasteiger partial charge in [-0.15, -0.1) is 0 Å². The zero-order chi connectivity index (χ0) is 37.9. The number of aromatic nitrogens is 2. The summed E-state index contributed by atoms with van der Waals surface area (Å²) in [5, 5.41) is -0.162. The van der Waals surface area contributed by atoms with Crippen LogP contribution in [0.5, 0.6) is 17.2 Å². The predicted molar refractivity (Wildman–Crippen MR) is 197 cm³/mol. The normalized spacial score (nSPS) is 18.4. The van der Waals surface area contributed by atoms with Crippen molar-refractivity contribution in [2.45, 2.75) is 37.4 Å². The molecule has 0 saturated carbocycles. The second kappa shape index (κ2) is 16.1. The Hall–Kier alpha value is -4.10. The highest BCUT2D eigenvalue weighted by molar-refractivity contribution is 7.46. The number of benzene rings is 4. The van der Waals surface area contributed by atoms with E-state index in [9.17, 15) is 19.0 Å². The van der Waals surface area contributed by atoms with Crippen LogP contribution in [-0.2, 0) is 24.2 Å². The first-order valence-corrected chi connectivity index (χ1v) is 18.7. The molecule has 1 fully saturated rings. The van der Waals surface area contributed by atoms with Crippen molar-refractivity contribution in [2.75, 3.05) is 20.8 Å². The summed E-state index contributed by atoms with van der Waals surface area (Å²) in [7, 11) is -2.11. The number of rotatable bonds is 13. The van der Waals surface area contributed by atoms with Crippen LogP contribution in [0.25, 0.3) is 0 Å². The van der Waals surface area contributed by atoms with E-state index in [-0.39, 0.29) is 39.4 Å². The van der Waals surface area contributed by atoms with Crippen molar-refractivity contribution in [2.24, 2.45) is 0 Å². The molecule has 5 aromatic rings. The summed E-state index contributed by atoms with van der Waals surface area (Å²) in [6.07, 6.45) is -2.31. The molecule has 0 spiro atoms. The Kier molecular flexibility index (Phi) is 11.7. The van der Waals surface area contributed by atoms with Crippen molar-refractivity contribution < 1.29 is 37.5 Å². The number of aryl methyl sites for hydroxylation is 1. The van der Waals surface area contributed by atoms with E-state index in [0.29, 0.717) is 22.6 Å². The minimum Gasteiger partial charge on any atom is -0.746 e. The SMILES string of the molecule is COc1ccc(C(OC[C@H]2O[C@@H](n3cc(C)c(=O)[nH]c3=O)C[C@@H]2OP(=O)([O-])Oc2c(Cl)cc(Cl)cc2Cl)(c2ccccc2)c2ccc(OC)cc2)cc1. The van der Waals surface area contributed by atoms with Crippen molar-refractivity contribution >= 4 is 42.6 Å². The van der Waals surface area contributed by atoms with Gasteiger partial charge in [-0.1, -0.05) is 89.4 Å². The van der Waals surface area contributed by atoms with Gasteiger partial charge >= 0.3 is 13.5 Å². The van der Waals surface area contributed by atoms with Crippen molar-refractivity contribution in [1.29, 1.82) is 0 Å². The molecule has 16 heteroatoms. The average Bonchev–Trinajstić information content (AvgIpc) is 3.53. The third kappa shape index (κ3) is 8.36. The number of aromatic amines is 1. The maximum atomic E-state index is 13.5. The summed E-state index contributed by atoms with van der Waals surface area (Å²) < 4.78 is 49.7. The number of nitrogens with zero attached hydrogens (tertiary/aromatic N) is 1. The highest BCUT2D eigenvalue weighted by Crippen LogP contribution is 2.50. The number of hydrogen-bond donors (Lipinski definition) is 1. The summed E-state index contributed by atoms with van der Waals surface area (Å²) in [4.78, 5) is 40.9. The maximum absolute atomic E-state index is 13.5. The molecule has 4 atom stereocenters. The molecule has 1 unspecified atom stereocenters. The van der Waals surface area contributed by atoms with Gasteiger partial charge in [-0.2, -0.15) is 0 Å². The molecule has 6 rings (SSSR count). The molecular weight excluding hydrogens is 770 g/mol. The molecule has 0 aliphatic carbocycles. The molecule has 1 aliphatic heterocycles. The van der Waals surface area contributed by atoms with Gasteiger partial charge in [0, 0.05) is 23.2 Å². The van der Waals surface area contributed by atoms with Crippen LogP contribution in [0.2, 0.25) is 15.1 Å². The first-order chi connectivity index (χ1) is 25.3. The van der Waals surface area contributed by atoms with Gasteiger partial charge in [-0.25, -0.2) is 4.79 Å². The largest absolute Gasteiger partial charge is 0.746 e. The van der Waals surface area contributed by atoms with Crippen LogP contribution in [0.3, 0.4) is 0 Å². The van der Waals surface area contributed by atoms with E-state index in [1.807, 2.05) is 54.6 Å². The number of ether oxygens (including phenoxy) is 4. The van der Waals surface area contributed by atoms with Crippen LogP contribution in [0.1, 0.15) is 34.9 Å².